The van der Waals surface area contributed by atoms with Crippen LogP contribution in [0.3, 0.4) is 0 Å². The summed E-state index contributed by atoms with van der Waals surface area (Å²) >= 11 is 2.01. The molecule has 6 heteroatoms. The summed E-state index contributed by atoms with van der Waals surface area (Å²) in [6, 6.07) is 6.30. The van der Waals surface area contributed by atoms with Gasteiger partial charge in [0, 0.05) is 18.3 Å². The average molecular weight is 295 g/mol. The lowest BCUT2D eigenvalue weighted by atomic mass is 10.1. The first-order valence-corrected chi connectivity index (χ1v) is 7.86. The number of amidine groups is 1. The van der Waals surface area contributed by atoms with Crippen molar-refractivity contribution in [2.45, 2.75) is 25.4 Å². The van der Waals surface area contributed by atoms with Crippen LogP contribution in [0, 0.1) is 0 Å². The lowest BCUT2D eigenvalue weighted by Crippen LogP contribution is -2.33. The van der Waals surface area contributed by atoms with Crippen LogP contribution in [0.2, 0.25) is 0 Å². The molecule has 2 rings (SSSR count). The molecule has 5 nitrogen and oxygen atoms in total. The highest BCUT2D eigenvalue weighted by Gasteiger charge is 2.14. The number of rotatable bonds is 5. The highest BCUT2D eigenvalue weighted by Crippen LogP contribution is 2.21. The lowest BCUT2D eigenvalue weighted by Gasteiger charge is -2.22. The Morgan fingerprint density at radius 2 is 2.45 bits per heavy atom. The molecule has 0 saturated carbocycles. The Morgan fingerprint density at radius 1 is 1.60 bits per heavy atom. The van der Waals surface area contributed by atoms with Crippen LogP contribution in [-0.2, 0) is 6.54 Å². The fraction of sp³-hybridized carbons (Fsp3) is 0.500. The van der Waals surface area contributed by atoms with Gasteiger partial charge in [-0.2, -0.15) is 11.8 Å². The smallest absolute Gasteiger partial charge is 0.173 e. The second-order valence-corrected chi connectivity index (χ2v) is 5.96. The van der Waals surface area contributed by atoms with Gasteiger partial charge in [-0.1, -0.05) is 11.2 Å². The Morgan fingerprint density at radius 3 is 3.10 bits per heavy atom. The Balaban J connectivity index is 2.01. The zero-order chi connectivity index (χ0) is 14.4. The predicted molar refractivity (Wildman–Crippen MR) is 82.7 cm³/mol. The Kier molecular flexibility index (Phi) is 5.55. The maximum atomic E-state index is 8.74. The van der Waals surface area contributed by atoms with E-state index in [1.807, 2.05) is 30.0 Å². The molecule has 0 aliphatic carbocycles. The van der Waals surface area contributed by atoms with Crippen LogP contribution in [-0.4, -0.2) is 35.7 Å². The van der Waals surface area contributed by atoms with E-state index in [0.717, 1.165) is 12.1 Å². The molecule has 0 bridgehead atoms. The summed E-state index contributed by atoms with van der Waals surface area (Å²) in [6.45, 7) is 0.804. The quantitative estimate of drug-likeness (QED) is 0.334. The first-order valence-electron chi connectivity index (χ1n) is 6.70. The number of thioether (sulfide) groups is 1. The van der Waals surface area contributed by atoms with Gasteiger partial charge in [0.25, 0.3) is 0 Å². The lowest BCUT2D eigenvalue weighted by molar-refractivity contribution is 0.318. The predicted octanol–water partition coefficient (Wildman–Crippen LogP) is 1.77. The second-order valence-electron chi connectivity index (χ2n) is 4.81. The van der Waals surface area contributed by atoms with Gasteiger partial charge in [0.15, 0.2) is 5.84 Å². The van der Waals surface area contributed by atoms with Gasteiger partial charge >= 0.3 is 0 Å². The largest absolute Gasteiger partial charge is 0.496 e. The summed E-state index contributed by atoms with van der Waals surface area (Å²) in [6.07, 6.45) is 2.53. The van der Waals surface area contributed by atoms with E-state index in [4.69, 9.17) is 15.7 Å². The van der Waals surface area contributed by atoms with Gasteiger partial charge in [-0.25, -0.2) is 0 Å². The van der Waals surface area contributed by atoms with E-state index in [2.05, 4.69) is 10.5 Å². The molecule has 0 amide bonds. The second kappa shape index (κ2) is 7.40. The number of benzene rings is 1. The van der Waals surface area contributed by atoms with E-state index in [9.17, 15) is 0 Å². The van der Waals surface area contributed by atoms with Crippen LogP contribution in [0.5, 0.6) is 5.75 Å². The number of hydrogen-bond donors (Lipinski definition) is 3. The van der Waals surface area contributed by atoms with Crippen molar-refractivity contribution in [2.24, 2.45) is 10.9 Å². The number of nitrogens with zero attached hydrogens (tertiary/aromatic N) is 1. The molecule has 1 aromatic rings. The summed E-state index contributed by atoms with van der Waals surface area (Å²) in [4.78, 5) is 0. The van der Waals surface area contributed by atoms with Crippen molar-refractivity contribution in [1.82, 2.24) is 5.32 Å². The highest BCUT2D eigenvalue weighted by atomic mass is 32.2. The molecular formula is C14H21N3O2S. The van der Waals surface area contributed by atoms with E-state index in [-0.39, 0.29) is 5.84 Å². The van der Waals surface area contributed by atoms with Crippen LogP contribution in [0.25, 0.3) is 0 Å². The fourth-order valence-electron chi connectivity index (χ4n) is 2.27. The van der Waals surface area contributed by atoms with Crippen LogP contribution in [0.1, 0.15) is 24.0 Å². The number of oxime groups is 1. The third-order valence-electron chi connectivity index (χ3n) is 3.40. The maximum absolute atomic E-state index is 8.74. The van der Waals surface area contributed by atoms with Crippen molar-refractivity contribution in [3.8, 4) is 5.75 Å². The molecule has 1 aromatic carbocycles. The van der Waals surface area contributed by atoms with Gasteiger partial charge in [0.2, 0.25) is 0 Å². The van der Waals surface area contributed by atoms with Gasteiger partial charge in [0.05, 0.1) is 12.7 Å². The van der Waals surface area contributed by atoms with Crippen molar-refractivity contribution < 1.29 is 9.94 Å². The summed E-state index contributed by atoms with van der Waals surface area (Å²) in [5.41, 5.74) is 7.35. The minimum atomic E-state index is 0.0602. The number of ether oxygens (including phenoxy) is 1. The van der Waals surface area contributed by atoms with Gasteiger partial charge in [-0.15, -0.1) is 0 Å². The normalized spacial score (nSPS) is 19.9. The highest BCUT2D eigenvalue weighted by molar-refractivity contribution is 7.99. The third-order valence-corrected chi connectivity index (χ3v) is 4.62. The zero-order valence-corrected chi connectivity index (χ0v) is 12.4. The molecule has 1 aliphatic heterocycles. The van der Waals surface area contributed by atoms with Gasteiger partial charge in [-0.3, -0.25) is 0 Å². The summed E-state index contributed by atoms with van der Waals surface area (Å²) in [7, 11) is 1.58. The monoisotopic (exact) mass is 295 g/mol. The molecule has 4 N–H and O–H groups in total. The summed E-state index contributed by atoms with van der Waals surface area (Å²) in [5, 5.41) is 15.3. The van der Waals surface area contributed by atoms with E-state index in [0.29, 0.717) is 17.4 Å². The molecule has 0 spiro atoms. The molecule has 1 heterocycles. The number of hydrogen-bond acceptors (Lipinski definition) is 5. The first-order chi connectivity index (χ1) is 9.74. The van der Waals surface area contributed by atoms with Crippen molar-refractivity contribution in [1.29, 1.82) is 0 Å². The van der Waals surface area contributed by atoms with E-state index in [1.165, 1.54) is 24.3 Å². The van der Waals surface area contributed by atoms with E-state index >= 15 is 0 Å². The minimum Gasteiger partial charge on any atom is -0.496 e. The minimum absolute atomic E-state index is 0.0602. The topological polar surface area (TPSA) is 79.9 Å². The Bertz CT molecular complexity index is 473. The average Bonchev–Trinajstić information content (AvgIpc) is 2.52. The molecule has 1 aliphatic rings. The van der Waals surface area contributed by atoms with Crippen molar-refractivity contribution in [3.05, 3.63) is 29.3 Å². The molecule has 20 heavy (non-hydrogen) atoms. The van der Waals surface area contributed by atoms with Gasteiger partial charge < -0.3 is 21.0 Å². The number of nitrogens with two attached hydrogens (primary N) is 1. The molecule has 1 unspecified atom stereocenters. The van der Waals surface area contributed by atoms with Gasteiger partial charge in [0.1, 0.15) is 5.75 Å². The van der Waals surface area contributed by atoms with Crippen LogP contribution in [0.15, 0.2) is 23.4 Å². The molecular weight excluding hydrogens is 274 g/mol. The van der Waals surface area contributed by atoms with Crippen molar-refractivity contribution in [3.63, 3.8) is 0 Å². The molecule has 1 saturated heterocycles. The fourth-order valence-corrected chi connectivity index (χ4v) is 3.38. The van der Waals surface area contributed by atoms with E-state index < -0.39 is 0 Å². The number of nitrogens with one attached hydrogen (secondary N) is 1. The Hall–Kier alpha value is -1.40. The molecule has 0 aromatic heterocycles. The molecule has 1 atom stereocenters. The maximum Gasteiger partial charge on any atom is 0.173 e. The molecule has 110 valence electrons. The van der Waals surface area contributed by atoms with Crippen LogP contribution < -0.4 is 15.8 Å². The first kappa shape index (κ1) is 15.0. The molecule has 0 radical (unpaired) electrons. The Labute approximate surface area is 123 Å². The van der Waals surface area contributed by atoms with Crippen molar-refractivity contribution in [2.75, 3.05) is 18.6 Å². The molecule has 1 fully saturated rings. The standard InChI is InChI=1S/C14H21N3O2S/c1-19-13-7-10(4-5-12(13)14(15)17-18)8-16-11-3-2-6-20-9-11/h4-5,7,11,16,18H,2-3,6,8-9H2,1H3,(H2,15,17). The van der Waals surface area contributed by atoms with Crippen LogP contribution >= 0.6 is 11.8 Å². The SMILES string of the molecule is COc1cc(CNC2CCCSC2)ccc1/C(N)=N/O. The summed E-state index contributed by atoms with van der Waals surface area (Å²) in [5.74, 6) is 3.14. The van der Waals surface area contributed by atoms with E-state index in [1.54, 1.807) is 7.11 Å². The van der Waals surface area contributed by atoms with Crippen molar-refractivity contribution >= 4 is 17.6 Å². The third kappa shape index (κ3) is 3.80. The number of methoxy groups -OCH3 is 1. The summed E-state index contributed by atoms with van der Waals surface area (Å²) < 4.78 is 5.30. The van der Waals surface area contributed by atoms with Crippen LogP contribution in [0.4, 0.5) is 0 Å². The zero-order valence-electron chi connectivity index (χ0n) is 11.6. The van der Waals surface area contributed by atoms with Gasteiger partial charge in [-0.05, 0) is 36.3 Å².